The van der Waals surface area contributed by atoms with Crippen LogP contribution in [0.5, 0.6) is 0 Å². The fourth-order valence-corrected chi connectivity index (χ4v) is 3.38. The molecule has 1 amide bonds. The predicted octanol–water partition coefficient (Wildman–Crippen LogP) is 2.05. The van der Waals surface area contributed by atoms with Gasteiger partial charge in [-0.05, 0) is 18.4 Å². The molecular formula is C22H30N4O3. The minimum atomic E-state index is -0.303. The molecule has 2 aromatic rings. The van der Waals surface area contributed by atoms with Gasteiger partial charge >= 0.3 is 0 Å². The molecule has 0 saturated carbocycles. The first-order chi connectivity index (χ1) is 14.1. The number of rotatable bonds is 10. The Balaban J connectivity index is 1.40. The van der Waals surface area contributed by atoms with E-state index in [0.29, 0.717) is 31.2 Å². The first kappa shape index (κ1) is 21.2. The fourth-order valence-electron chi connectivity index (χ4n) is 3.38. The number of aromatic nitrogens is 1. The third-order valence-electron chi connectivity index (χ3n) is 5.08. The van der Waals surface area contributed by atoms with Crippen molar-refractivity contribution in [2.24, 2.45) is 0 Å². The van der Waals surface area contributed by atoms with Crippen molar-refractivity contribution in [3.63, 3.8) is 0 Å². The SMILES string of the molecule is C=CCC[C@@H](O)CN1CCN(Cc2nc(C(=O)NCc3ccccc3)co2)CC1. The second-order valence-electron chi connectivity index (χ2n) is 7.39. The molecule has 3 rings (SSSR count). The smallest absolute Gasteiger partial charge is 0.273 e. The van der Waals surface area contributed by atoms with Crippen molar-refractivity contribution in [1.29, 1.82) is 0 Å². The maximum absolute atomic E-state index is 12.3. The number of benzene rings is 1. The van der Waals surface area contributed by atoms with Gasteiger partial charge in [-0.3, -0.25) is 14.6 Å². The van der Waals surface area contributed by atoms with Gasteiger partial charge in [0, 0.05) is 39.3 Å². The number of β-amino-alcohol motifs (C(OH)–C–C–N with tert-alkyl or cyclic N) is 1. The summed E-state index contributed by atoms with van der Waals surface area (Å²) in [7, 11) is 0. The minimum absolute atomic E-state index is 0.234. The monoisotopic (exact) mass is 398 g/mol. The Morgan fingerprint density at radius 2 is 1.97 bits per heavy atom. The summed E-state index contributed by atoms with van der Waals surface area (Å²) in [5, 5.41) is 12.9. The Bertz CT molecular complexity index is 769. The minimum Gasteiger partial charge on any atom is -0.447 e. The Labute approximate surface area is 172 Å². The number of nitrogens with one attached hydrogen (secondary N) is 1. The van der Waals surface area contributed by atoms with E-state index in [-0.39, 0.29) is 12.0 Å². The Kier molecular flexibility index (Phi) is 7.98. The summed E-state index contributed by atoms with van der Waals surface area (Å²) in [5.41, 5.74) is 1.34. The predicted molar refractivity (Wildman–Crippen MR) is 111 cm³/mol. The van der Waals surface area contributed by atoms with Crippen LogP contribution in [0.25, 0.3) is 0 Å². The second-order valence-corrected chi connectivity index (χ2v) is 7.39. The number of carbonyl (C=O) groups is 1. The molecule has 0 unspecified atom stereocenters. The van der Waals surface area contributed by atoms with E-state index in [0.717, 1.165) is 44.6 Å². The van der Waals surface area contributed by atoms with E-state index in [1.54, 1.807) is 0 Å². The largest absolute Gasteiger partial charge is 0.447 e. The zero-order valence-corrected chi connectivity index (χ0v) is 16.8. The molecule has 1 aromatic heterocycles. The first-order valence-electron chi connectivity index (χ1n) is 10.1. The number of carbonyl (C=O) groups excluding carboxylic acids is 1. The normalized spacial score (nSPS) is 16.4. The summed E-state index contributed by atoms with van der Waals surface area (Å²) in [4.78, 5) is 21.1. The maximum Gasteiger partial charge on any atom is 0.273 e. The van der Waals surface area contributed by atoms with Crippen molar-refractivity contribution in [3.05, 3.63) is 66.4 Å². The molecule has 1 aromatic carbocycles. The van der Waals surface area contributed by atoms with Crippen molar-refractivity contribution < 1.29 is 14.3 Å². The summed E-state index contributed by atoms with van der Waals surface area (Å²) < 4.78 is 5.50. The van der Waals surface area contributed by atoms with E-state index >= 15 is 0 Å². The fraction of sp³-hybridized carbons (Fsp3) is 0.455. The summed E-state index contributed by atoms with van der Waals surface area (Å²) in [6.07, 6.45) is 4.56. The molecule has 1 aliphatic heterocycles. The number of hydrogen-bond acceptors (Lipinski definition) is 6. The quantitative estimate of drug-likeness (QED) is 0.596. The molecular weight excluding hydrogens is 368 g/mol. The third kappa shape index (κ3) is 6.81. The Morgan fingerprint density at radius 1 is 1.24 bits per heavy atom. The third-order valence-corrected chi connectivity index (χ3v) is 5.08. The van der Waals surface area contributed by atoms with Gasteiger partial charge in [-0.25, -0.2) is 4.98 Å². The van der Waals surface area contributed by atoms with Crippen LogP contribution in [0.2, 0.25) is 0 Å². The van der Waals surface area contributed by atoms with Crippen LogP contribution < -0.4 is 5.32 Å². The van der Waals surface area contributed by atoms with E-state index in [1.807, 2.05) is 36.4 Å². The van der Waals surface area contributed by atoms with Crippen LogP contribution in [-0.2, 0) is 13.1 Å². The number of aliphatic hydroxyl groups excluding tert-OH is 1. The van der Waals surface area contributed by atoms with Crippen LogP contribution in [0.15, 0.2) is 53.7 Å². The number of nitrogens with zero attached hydrogens (tertiary/aromatic N) is 3. The van der Waals surface area contributed by atoms with Crippen molar-refractivity contribution in [1.82, 2.24) is 20.1 Å². The van der Waals surface area contributed by atoms with Gasteiger partial charge in [-0.1, -0.05) is 36.4 Å². The van der Waals surface area contributed by atoms with Crippen LogP contribution in [0.1, 0.15) is 34.8 Å². The highest BCUT2D eigenvalue weighted by Gasteiger charge is 2.21. The summed E-state index contributed by atoms with van der Waals surface area (Å²) in [5.74, 6) is 0.316. The molecule has 1 atom stereocenters. The van der Waals surface area contributed by atoms with Gasteiger partial charge in [0.05, 0.1) is 12.6 Å². The van der Waals surface area contributed by atoms with Crippen LogP contribution >= 0.6 is 0 Å². The molecule has 1 aliphatic rings. The number of aliphatic hydroxyl groups is 1. The lowest BCUT2D eigenvalue weighted by atomic mass is 10.1. The molecule has 1 saturated heterocycles. The number of amides is 1. The van der Waals surface area contributed by atoms with Crippen LogP contribution in [0.3, 0.4) is 0 Å². The van der Waals surface area contributed by atoms with Crippen molar-refractivity contribution in [2.75, 3.05) is 32.7 Å². The molecule has 0 bridgehead atoms. The van der Waals surface area contributed by atoms with Gasteiger partial charge in [-0.15, -0.1) is 6.58 Å². The maximum atomic E-state index is 12.3. The van der Waals surface area contributed by atoms with Crippen molar-refractivity contribution >= 4 is 5.91 Å². The zero-order valence-electron chi connectivity index (χ0n) is 16.8. The van der Waals surface area contributed by atoms with E-state index in [4.69, 9.17) is 4.42 Å². The van der Waals surface area contributed by atoms with Crippen molar-refractivity contribution in [3.8, 4) is 0 Å². The molecule has 2 heterocycles. The second kappa shape index (κ2) is 10.9. The van der Waals surface area contributed by atoms with E-state index in [9.17, 15) is 9.90 Å². The molecule has 29 heavy (non-hydrogen) atoms. The molecule has 2 N–H and O–H groups in total. The molecule has 0 aliphatic carbocycles. The molecule has 0 radical (unpaired) electrons. The van der Waals surface area contributed by atoms with E-state index in [2.05, 4.69) is 26.7 Å². The molecule has 1 fully saturated rings. The van der Waals surface area contributed by atoms with Crippen molar-refractivity contribution in [2.45, 2.75) is 32.0 Å². The number of piperazine rings is 1. The summed E-state index contributed by atoms with van der Waals surface area (Å²) in [6, 6.07) is 9.76. The van der Waals surface area contributed by atoms with Crippen LogP contribution in [0, 0.1) is 0 Å². The highest BCUT2D eigenvalue weighted by Crippen LogP contribution is 2.11. The van der Waals surface area contributed by atoms with Crippen LogP contribution in [0.4, 0.5) is 0 Å². The van der Waals surface area contributed by atoms with E-state index < -0.39 is 0 Å². The van der Waals surface area contributed by atoms with Gasteiger partial charge in [-0.2, -0.15) is 0 Å². The number of allylic oxidation sites excluding steroid dienone is 1. The molecule has 0 spiro atoms. The highest BCUT2D eigenvalue weighted by atomic mass is 16.3. The van der Waals surface area contributed by atoms with Gasteiger partial charge in [0.15, 0.2) is 5.69 Å². The number of hydrogen-bond donors (Lipinski definition) is 2. The lowest BCUT2D eigenvalue weighted by molar-refractivity contribution is 0.0642. The lowest BCUT2D eigenvalue weighted by Gasteiger charge is -2.34. The zero-order chi connectivity index (χ0) is 20.5. The van der Waals surface area contributed by atoms with Gasteiger partial charge < -0.3 is 14.8 Å². The lowest BCUT2D eigenvalue weighted by Crippen LogP contribution is -2.48. The first-order valence-corrected chi connectivity index (χ1v) is 10.1. The van der Waals surface area contributed by atoms with Gasteiger partial charge in [0.1, 0.15) is 6.26 Å². The standard InChI is InChI=1S/C22H30N4O3/c1-2-3-9-19(27)15-25-10-12-26(13-11-25)16-21-24-20(17-29-21)22(28)23-14-18-7-5-4-6-8-18/h2,4-8,17,19,27H,1,3,9-16H2,(H,23,28)/t19-/m1/s1. The molecule has 7 heteroatoms. The summed E-state index contributed by atoms with van der Waals surface area (Å²) >= 11 is 0. The Hall–Kier alpha value is -2.48. The van der Waals surface area contributed by atoms with Gasteiger partial charge in [0.25, 0.3) is 5.91 Å². The Morgan fingerprint density at radius 3 is 2.69 bits per heavy atom. The topological polar surface area (TPSA) is 81.8 Å². The average molecular weight is 399 g/mol. The summed E-state index contributed by atoms with van der Waals surface area (Å²) in [6.45, 7) is 9.00. The highest BCUT2D eigenvalue weighted by molar-refractivity contribution is 5.91. The number of oxazole rings is 1. The van der Waals surface area contributed by atoms with Gasteiger partial charge in [0.2, 0.25) is 5.89 Å². The molecule has 156 valence electrons. The van der Waals surface area contributed by atoms with Crippen LogP contribution in [-0.4, -0.2) is 64.6 Å². The van der Waals surface area contributed by atoms with E-state index in [1.165, 1.54) is 6.26 Å². The molecule has 7 nitrogen and oxygen atoms in total. The average Bonchev–Trinajstić information content (AvgIpc) is 3.21.